The molecule has 7 heteroatoms. The molecule has 0 aliphatic carbocycles. The number of aromatic amines is 2. The standard InChI is InChI=1S/C8H15N2O4P/c1-3-13-15(12,14-4-2)6-7-5-8(11)10-9-7/h5H,3-4,6H2,1-2H3,(H2,9,10,11). The zero-order valence-electron chi connectivity index (χ0n) is 8.78. The lowest BCUT2D eigenvalue weighted by molar-refractivity contribution is 0.219. The average Bonchev–Trinajstić information content (AvgIpc) is 2.51. The Balaban J connectivity index is 2.74. The predicted octanol–water partition coefficient (Wildman–Crippen LogP) is 1.47. The minimum absolute atomic E-state index is 0.0768. The van der Waals surface area contributed by atoms with Crippen LogP contribution in [0.15, 0.2) is 10.9 Å². The Morgan fingerprint density at radius 1 is 1.27 bits per heavy atom. The van der Waals surface area contributed by atoms with Gasteiger partial charge in [-0.25, -0.2) is 0 Å². The fraction of sp³-hybridized carbons (Fsp3) is 0.625. The molecule has 0 amide bonds. The highest BCUT2D eigenvalue weighted by Gasteiger charge is 2.24. The third-order valence-electron chi connectivity index (χ3n) is 1.67. The van der Waals surface area contributed by atoms with Gasteiger partial charge in [-0.05, 0) is 13.8 Å². The number of hydrogen-bond acceptors (Lipinski definition) is 4. The largest absolute Gasteiger partial charge is 0.336 e. The maximum atomic E-state index is 12.0. The monoisotopic (exact) mass is 234 g/mol. The van der Waals surface area contributed by atoms with Gasteiger partial charge in [0.25, 0.3) is 5.56 Å². The summed E-state index contributed by atoms with van der Waals surface area (Å²) in [6, 6.07) is 1.34. The van der Waals surface area contributed by atoms with E-state index >= 15 is 0 Å². The van der Waals surface area contributed by atoms with Crippen LogP contribution >= 0.6 is 7.60 Å². The van der Waals surface area contributed by atoms with Crippen LogP contribution in [0.3, 0.4) is 0 Å². The molecule has 1 aromatic rings. The van der Waals surface area contributed by atoms with Gasteiger partial charge in [0.1, 0.15) is 0 Å². The van der Waals surface area contributed by atoms with E-state index in [1.807, 2.05) is 0 Å². The normalized spacial score (nSPS) is 11.9. The van der Waals surface area contributed by atoms with Gasteiger partial charge < -0.3 is 14.1 Å². The topological polar surface area (TPSA) is 84.2 Å². The molecule has 0 saturated heterocycles. The molecule has 0 bridgehead atoms. The molecule has 0 aliphatic heterocycles. The molecule has 0 aromatic carbocycles. The van der Waals surface area contributed by atoms with Crippen molar-refractivity contribution in [1.82, 2.24) is 10.2 Å². The van der Waals surface area contributed by atoms with Crippen LogP contribution in [0, 0.1) is 0 Å². The molecule has 0 fully saturated rings. The molecule has 86 valence electrons. The van der Waals surface area contributed by atoms with Crippen molar-refractivity contribution in [2.24, 2.45) is 0 Å². The Bertz CT molecular complexity index is 387. The lowest BCUT2D eigenvalue weighted by atomic mass is 10.5. The molecule has 0 atom stereocenters. The minimum Gasteiger partial charge on any atom is -0.309 e. The van der Waals surface area contributed by atoms with Crippen LogP contribution in [-0.2, 0) is 19.8 Å². The third-order valence-corrected chi connectivity index (χ3v) is 3.70. The van der Waals surface area contributed by atoms with E-state index in [0.29, 0.717) is 18.9 Å². The lowest BCUT2D eigenvalue weighted by Crippen LogP contribution is -1.99. The van der Waals surface area contributed by atoms with Crippen LogP contribution in [0.2, 0.25) is 0 Å². The molecule has 1 heterocycles. The molecular weight excluding hydrogens is 219 g/mol. The zero-order valence-corrected chi connectivity index (χ0v) is 9.67. The first kappa shape index (κ1) is 12.2. The third kappa shape index (κ3) is 3.66. The summed E-state index contributed by atoms with van der Waals surface area (Å²) in [4.78, 5) is 10.8. The van der Waals surface area contributed by atoms with Gasteiger partial charge in [-0.15, -0.1) is 0 Å². The van der Waals surface area contributed by atoms with Crippen molar-refractivity contribution in [3.05, 3.63) is 22.1 Å². The summed E-state index contributed by atoms with van der Waals surface area (Å²) >= 11 is 0. The molecule has 2 N–H and O–H groups in total. The second-order valence-electron chi connectivity index (χ2n) is 2.89. The zero-order chi connectivity index (χ0) is 11.3. The van der Waals surface area contributed by atoms with Crippen molar-refractivity contribution < 1.29 is 13.6 Å². The summed E-state index contributed by atoms with van der Waals surface area (Å²) in [7, 11) is -3.12. The second-order valence-corrected chi connectivity index (χ2v) is 4.94. The molecule has 0 aliphatic rings. The van der Waals surface area contributed by atoms with E-state index in [-0.39, 0.29) is 11.7 Å². The van der Waals surface area contributed by atoms with E-state index in [4.69, 9.17) is 9.05 Å². The van der Waals surface area contributed by atoms with Crippen molar-refractivity contribution in [2.75, 3.05) is 13.2 Å². The minimum atomic E-state index is -3.12. The van der Waals surface area contributed by atoms with E-state index < -0.39 is 7.60 Å². The second kappa shape index (κ2) is 5.30. The number of H-pyrrole nitrogens is 2. The number of aromatic nitrogens is 2. The smallest absolute Gasteiger partial charge is 0.309 e. The molecule has 0 unspecified atom stereocenters. The highest BCUT2D eigenvalue weighted by molar-refractivity contribution is 7.53. The predicted molar refractivity (Wildman–Crippen MR) is 56.0 cm³/mol. The first-order valence-electron chi connectivity index (χ1n) is 4.74. The van der Waals surface area contributed by atoms with Crippen LogP contribution in [0.5, 0.6) is 0 Å². The Hall–Kier alpha value is -0.840. The summed E-state index contributed by atoms with van der Waals surface area (Å²) < 4.78 is 22.2. The SMILES string of the molecule is CCOP(=O)(Cc1cc(=O)[nH][nH]1)OCC. The molecule has 6 nitrogen and oxygen atoms in total. The van der Waals surface area contributed by atoms with Crippen LogP contribution < -0.4 is 5.56 Å². The van der Waals surface area contributed by atoms with Gasteiger partial charge in [0, 0.05) is 11.8 Å². The number of hydrogen-bond donors (Lipinski definition) is 2. The van der Waals surface area contributed by atoms with Crippen LogP contribution in [0.25, 0.3) is 0 Å². The quantitative estimate of drug-likeness (QED) is 0.730. The summed E-state index contributed by atoms with van der Waals surface area (Å²) in [6.45, 7) is 4.11. The molecule has 15 heavy (non-hydrogen) atoms. The van der Waals surface area contributed by atoms with Gasteiger partial charge in [-0.2, -0.15) is 0 Å². The highest BCUT2D eigenvalue weighted by atomic mass is 31.2. The van der Waals surface area contributed by atoms with E-state index in [1.54, 1.807) is 13.8 Å². The van der Waals surface area contributed by atoms with Gasteiger partial charge in [0.05, 0.1) is 19.4 Å². The Kier molecular flexibility index (Phi) is 4.32. The van der Waals surface area contributed by atoms with Crippen LogP contribution in [-0.4, -0.2) is 23.4 Å². The average molecular weight is 234 g/mol. The Labute approximate surface area is 87.5 Å². The Morgan fingerprint density at radius 2 is 1.87 bits per heavy atom. The summed E-state index contributed by atoms with van der Waals surface area (Å²) in [5.74, 6) is 0. The fourth-order valence-electron chi connectivity index (χ4n) is 1.19. The Morgan fingerprint density at radius 3 is 2.27 bits per heavy atom. The van der Waals surface area contributed by atoms with Crippen molar-refractivity contribution in [3.8, 4) is 0 Å². The molecule has 0 radical (unpaired) electrons. The van der Waals surface area contributed by atoms with E-state index in [9.17, 15) is 9.36 Å². The number of rotatable bonds is 6. The lowest BCUT2D eigenvalue weighted by Gasteiger charge is -2.15. The van der Waals surface area contributed by atoms with E-state index in [1.165, 1.54) is 6.07 Å². The molecule has 0 saturated carbocycles. The fourth-order valence-corrected chi connectivity index (χ4v) is 2.82. The van der Waals surface area contributed by atoms with Crippen LogP contribution in [0.4, 0.5) is 0 Å². The summed E-state index contributed by atoms with van der Waals surface area (Å²) in [5.41, 5.74) is 0.259. The maximum absolute atomic E-state index is 12.0. The van der Waals surface area contributed by atoms with E-state index in [2.05, 4.69) is 10.2 Å². The van der Waals surface area contributed by atoms with Gasteiger partial charge in [-0.3, -0.25) is 14.5 Å². The first-order chi connectivity index (χ1) is 7.09. The molecule has 1 aromatic heterocycles. The van der Waals surface area contributed by atoms with Crippen molar-refractivity contribution >= 4 is 7.60 Å². The molecule has 0 spiro atoms. The van der Waals surface area contributed by atoms with Crippen molar-refractivity contribution in [2.45, 2.75) is 20.0 Å². The summed E-state index contributed by atoms with van der Waals surface area (Å²) in [5, 5.41) is 4.97. The van der Waals surface area contributed by atoms with Crippen LogP contribution in [0.1, 0.15) is 19.5 Å². The van der Waals surface area contributed by atoms with E-state index in [0.717, 1.165) is 0 Å². The van der Waals surface area contributed by atoms with Gasteiger partial charge in [0.2, 0.25) is 0 Å². The molecule has 1 rings (SSSR count). The van der Waals surface area contributed by atoms with Gasteiger partial charge >= 0.3 is 7.60 Å². The van der Waals surface area contributed by atoms with Gasteiger partial charge in [0.15, 0.2) is 0 Å². The van der Waals surface area contributed by atoms with Gasteiger partial charge in [-0.1, -0.05) is 0 Å². The van der Waals surface area contributed by atoms with Crippen molar-refractivity contribution in [1.29, 1.82) is 0 Å². The van der Waals surface area contributed by atoms with Crippen molar-refractivity contribution in [3.63, 3.8) is 0 Å². The summed E-state index contributed by atoms with van der Waals surface area (Å²) in [6.07, 6.45) is 0.0768. The first-order valence-corrected chi connectivity index (χ1v) is 6.47. The number of nitrogens with one attached hydrogen (secondary N) is 2. The maximum Gasteiger partial charge on any atom is 0.336 e. The highest BCUT2D eigenvalue weighted by Crippen LogP contribution is 2.50. The molecular formula is C8H15N2O4P.